The maximum absolute atomic E-state index is 12.8. The van der Waals surface area contributed by atoms with Crippen molar-refractivity contribution in [2.24, 2.45) is 0 Å². The van der Waals surface area contributed by atoms with Gasteiger partial charge in [-0.15, -0.1) is 0 Å². The fraction of sp³-hybridized carbons (Fsp3) is 1.00. The van der Waals surface area contributed by atoms with Crippen LogP contribution in [0.25, 0.3) is 0 Å². The number of hydrogen-bond acceptors (Lipinski definition) is 2. The standard InChI is InChI=1S/C5H6F4O2S/c6-1-4(7)2-12(10,11)3-5(4,8)9/h1-3H2. The summed E-state index contributed by atoms with van der Waals surface area (Å²) in [7, 11) is -4.14. The van der Waals surface area contributed by atoms with E-state index in [0.29, 0.717) is 0 Å². The van der Waals surface area contributed by atoms with Gasteiger partial charge < -0.3 is 0 Å². The van der Waals surface area contributed by atoms with Gasteiger partial charge in [0.1, 0.15) is 12.4 Å². The molecule has 1 aliphatic rings. The number of halogens is 4. The van der Waals surface area contributed by atoms with Crippen molar-refractivity contribution >= 4 is 9.84 Å². The molecule has 0 aromatic rings. The molecule has 1 unspecified atom stereocenters. The molecule has 72 valence electrons. The zero-order chi connectivity index (χ0) is 9.62. The lowest BCUT2D eigenvalue weighted by Gasteiger charge is -2.20. The number of rotatable bonds is 1. The zero-order valence-electron chi connectivity index (χ0n) is 5.86. The molecule has 1 rings (SSSR count). The minimum atomic E-state index is -4.14. The molecule has 0 radical (unpaired) electrons. The minimum Gasteiger partial charge on any atom is -0.247 e. The van der Waals surface area contributed by atoms with Crippen LogP contribution < -0.4 is 0 Å². The van der Waals surface area contributed by atoms with Crippen molar-refractivity contribution in [1.82, 2.24) is 0 Å². The Balaban J connectivity index is 3.08. The quantitative estimate of drug-likeness (QED) is 0.592. The van der Waals surface area contributed by atoms with Crippen LogP contribution in [0.15, 0.2) is 0 Å². The van der Waals surface area contributed by atoms with Gasteiger partial charge in [-0.3, -0.25) is 0 Å². The Morgan fingerprint density at radius 2 is 1.67 bits per heavy atom. The van der Waals surface area contributed by atoms with E-state index in [9.17, 15) is 26.0 Å². The molecule has 7 heteroatoms. The average Bonchev–Trinajstić information content (AvgIpc) is 1.98. The topological polar surface area (TPSA) is 34.1 Å². The largest absolute Gasteiger partial charge is 0.298 e. The molecule has 0 amide bonds. The van der Waals surface area contributed by atoms with E-state index >= 15 is 0 Å². The summed E-state index contributed by atoms with van der Waals surface area (Å²) in [6, 6.07) is 0. The van der Waals surface area contributed by atoms with Gasteiger partial charge >= 0.3 is 0 Å². The second-order valence-electron chi connectivity index (χ2n) is 2.84. The van der Waals surface area contributed by atoms with E-state index in [-0.39, 0.29) is 0 Å². The molecular weight excluding hydrogens is 200 g/mol. The van der Waals surface area contributed by atoms with Crippen molar-refractivity contribution in [3.63, 3.8) is 0 Å². The van der Waals surface area contributed by atoms with Gasteiger partial charge in [-0.05, 0) is 0 Å². The summed E-state index contributed by atoms with van der Waals surface area (Å²) < 4.78 is 70.7. The van der Waals surface area contributed by atoms with Crippen molar-refractivity contribution in [3.8, 4) is 0 Å². The summed E-state index contributed by atoms with van der Waals surface area (Å²) >= 11 is 0. The van der Waals surface area contributed by atoms with Crippen LogP contribution in [0, 0.1) is 0 Å². The van der Waals surface area contributed by atoms with Crippen LogP contribution in [0.4, 0.5) is 17.6 Å². The van der Waals surface area contributed by atoms with E-state index in [4.69, 9.17) is 0 Å². The third kappa shape index (κ3) is 1.30. The van der Waals surface area contributed by atoms with Crippen LogP contribution in [0.1, 0.15) is 0 Å². The first-order chi connectivity index (χ1) is 5.22. The lowest BCUT2D eigenvalue weighted by atomic mass is 10.0. The molecule has 0 bridgehead atoms. The Kier molecular flexibility index (Phi) is 1.90. The molecule has 1 atom stereocenters. The Bertz CT molecular complexity index is 286. The van der Waals surface area contributed by atoms with Crippen LogP contribution in [0.5, 0.6) is 0 Å². The first-order valence-electron chi connectivity index (χ1n) is 3.06. The molecule has 1 aliphatic heterocycles. The van der Waals surface area contributed by atoms with Crippen molar-refractivity contribution in [2.45, 2.75) is 11.6 Å². The van der Waals surface area contributed by atoms with Gasteiger partial charge in [0.2, 0.25) is 5.67 Å². The Morgan fingerprint density at radius 3 is 1.83 bits per heavy atom. The fourth-order valence-corrected chi connectivity index (χ4v) is 2.95. The van der Waals surface area contributed by atoms with E-state index in [1.165, 1.54) is 0 Å². The third-order valence-corrected chi connectivity index (χ3v) is 3.42. The van der Waals surface area contributed by atoms with Crippen LogP contribution in [0.3, 0.4) is 0 Å². The zero-order valence-corrected chi connectivity index (χ0v) is 6.67. The summed E-state index contributed by atoms with van der Waals surface area (Å²) in [6.07, 6.45) is 0. The van der Waals surface area contributed by atoms with Gasteiger partial charge in [-0.2, -0.15) is 0 Å². The Hall–Kier alpha value is -0.330. The molecular formula is C5H6F4O2S. The fourth-order valence-electron chi connectivity index (χ4n) is 1.05. The summed E-state index contributed by atoms with van der Waals surface area (Å²) in [6.45, 7) is -1.97. The normalized spacial score (nSPS) is 38.3. The molecule has 0 aromatic heterocycles. The van der Waals surface area contributed by atoms with Gasteiger partial charge in [0, 0.05) is 0 Å². The summed E-state index contributed by atoms with van der Waals surface area (Å²) in [4.78, 5) is 0. The summed E-state index contributed by atoms with van der Waals surface area (Å²) in [5.41, 5.74) is -3.52. The smallest absolute Gasteiger partial charge is 0.247 e. The van der Waals surface area contributed by atoms with Crippen LogP contribution in [-0.4, -0.2) is 38.2 Å². The first-order valence-corrected chi connectivity index (χ1v) is 4.88. The summed E-state index contributed by atoms with van der Waals surface area (Å²) in [5.74, 6) is -7.12. The average molecular weight is 206 g/mol. The monoisotopic (exact) mass is 206 g/mol. The van der Waals surface area contributed by atoms with Gasteiger partial charge in [0.25, 0.3) is 5.92 Å². The van der Waals surface area contributed by atoms with E-state index in [2.05, 4.69) is 0 Å². The molecule has 12 heavy (non-hydrogen) atoms. The van der Waals surface area contributed by atoms with Gasteiger partial charge in [-0.25, -0.2) is 26.0 Å². The van der Waals surface area contributed by atoms with E-state index in [1.54, 1.807) is 0 Å². The Morgan fingerprint density at radius 1 is 1.17 bits per heavy atom. The first kappa shape index (κ1) is 9.76. The third-order valence-electron chi connectivity index (χ3n) is 1.72. The highest BCUT2D eigenvalue weighted by Gasteiger charge is 2.65. The lowest BCUT2D eigenvalue weighted by molar-refractivity contribution is -0.108. The molecule has 0 spiro atoms. The van der Waals surface area contributed by atoms with Crippen LogP contribution in [-0.2, 0) is 9.84 Å². The van der Waals surface area contributed by atoms with Crippen LogP contribution >= 0.6 is 0 Å². The lowest BCUT2D eigenvalue weighted by Crippen LogP contribution is -2.44. The molecule has 1 saturated heterocycles. The van der Waals surface area contributed by atoms with Gasteiger partial charge in [0.15, 0.2) is 9.84 Å². The second-order valence-corrected chi connectivity index (χ2v) is 4.90. The van der Waals surface area contributed by atoms with Crippen molar-refractivity contribution in [3.05, 3.63) is 0 Å². The van der Waals surface area contributed by atoms with Crippen molar-refractivity contribution < 1.29 is 26.0 Å². The highest BCUT2D eigenvalue weighted by Crippen LogP contribution is 2.41. The molecule has 2 nitrogen and oxygen atoms in total. The maximum Gasteiger partial charge on any atom is 0.298 e. The Labute approximate surface area is 66.5 Å². The maximum atomic E-state index is 12.8. The highest BCUT2D eigenvalue weighted by molar-refractivity contribution is 7.91. The predicted molar refractivity (Wildman–Crippen MR) is 33.4 cm³/mol. The number of sulfone groups is 1. The van der Waals surface area contributed by atoms with Crippen LogP contribution in [0.2, 0.25) is 0 Å². The minimum absolute atomic E-state index is 1.43. The summed E-state index contributed by atoms with van der Waals surface area (Å²) in [5, 5.41) is 0. The van der Waals surface area contributed by atoms with Gasteiger partial charge in [0.05, 0.1) is 5.75 Å². The molecule has 1 fully saturated rings. The number of hydrogen-bond donors (Lipinski definition) is 0. The van der Waals surface area contributed by atoms with Crippen molar-refractivity contribution in [2.75, 3.05) is 18.2 Å². The van der Waals surface area contributed by atoms with E-state index in [1.807, 2.05) is 0 Å². The second kappa shape index (κ2) is 2.34. The molecule has 0 saturated carbocycles. The van der Waals surface area contributed by atoms with E-state index in [0.717, 1.165) is 0 Å². The predicted octanol–water partition coefficient (Wildman–Crippen LogP) is 0.728. The SMILES string of the molecule is O=S1(=O)CC(F)(F)C(F)(CF)C1. The molecule has 1 heterocycles. The van der Waals surface area contributed by atoms with Gasteiger partial charge in [-0.1, -0.05) is 0 Å². The van der Waals surface area contributed by atoms with E-state index < -0.39 is 39.6 Å². The highest BCUT2D eigenvalue weighted by atomic mass is 32.2. The number of alkyl halides is 4. The van der Waals surface area contributed by atoms with Crippen molar-refractivity contribution in [1.29, 1.82) is 0 Å². The molecule has 0 N–H and O–H groups in total. The molecule has 0 aliphatic carbocycles. The molecule has 0 aromatic carbocycles.